The minimum absolute atomic E-state index is 0.142. The lowest BCUT2D eigenvalue weighted by atomic mass is 10.2. The summed E-state index contributed by atoms with van der Waals surface area (Å²) < 4.78 is 0. The number of benzene rings is 1. The zero-order valence-corrected chi connectivity index (χ0v) is 9.62. The van der Waals surface area contributed by atoms with Gasteiger partial charge < -0.3 is 10.6 Å². The normalized spacial score (nSPS) is 14.8. The van der Waals surface area contributed by atoms with Gasteiger partial charge in [0, 0.05) is 18.7 Å². The van der Waals surface area contributed by atoms with Crippen molar-refractivity contribution in [1.82, 2.24) is 5.32 Å². The number of anilines is 1. The number of amides is 1. The smallest absolute Gasteiger partial charge is 0.224 e. The molecule has 1 saturated carbocycles. The van der Waals surface area contributed by atoms with Gasteiger partial charge in [0.05, 0.1) is 0 Å². The number of nitrogens with one attached hydrogen (secondary N) is 2. The molecule has 2 rings (SSSR count). The van der Waals surface area contributed by atoms with Crippen molar-refractivity contribution in [3.8, 4) is 0 Å². The third-order valence-corrected chi connectivity index (χ3v) is 2.79. The highest BCUT2D eigenvalue weighted by Crippen LogP contribution is 2.32. The Kier molecular flexibility index (Phi) is 3.57. The van der Waals surface area contributed by atoms with Crippen molar-refractivity contribution < 1.29 is 4.79 Å². The first kappa shape index (κ1) is 11.1. The van der Waals surface area contributed by atoms with Crippen LogP contribution in [0.3, 0.4) is 0 Å². The molecule has 0 atom stereocenters. The van der Waals surface area contributed by atoms with E-state index in [1.165, 1.54) is 18.4 Å². The summed E-state index contributed by atoms with van der Waals surface area (Å²) in [6.45, 7) is 0.857. The van der Waals surface area contributed by atoms with E-state index in [-0.39, 0.29) is 5.91 Å². The summed E-state index contributed by atoms with van der Waals surface area (Å²) in [6, 6.07) is 7.97. The average Bonchev–Trinajstić information content (AvgIpc) is 3.05. The second kappa shape index (κ2) is 5.12. The van der Waals surface area contributed by atoms with Gasteiger partial charge in [0.2, 0.25) is 5.91 Å². The molecule has 0 bridgehead atoms. The highest BCUT2D eigenvalue weighted by atomic mass is 16.1. The molecule has 1 aliphatic rings. The molecule has 0 heterocycles. The van der Waals surface area contributed by atoms with Crippen molar-refractivity contribution >= 4 is 11.6 Å². The van der Waals surface area contributed by atoms with Crippen LogP contribution in [0.15, 0.2) is 24.3 Å². The first-order valence-electron chi connectivity index (χ1n) is 5.81. The fraction of sp³-hybridized carbons (Fsp3) is 0.462. The van der Waals surface area contributed by atoms with Crippen molar-refractivity contribution in [3.63, 3.8) is 0 Å². The van der Waals surface area contributed by atoms with E-state index in [0.717, 1.165) is 12.2 Å². The highest BCUT2D eigenvalue weighted by molar-refractivity contribution is 5.90. The number of rotatable bonds is 5. The molecule has 1 fully saturated rings. The maximum atomic E-state index is 11.6. The van der Waals surface area contributed by atoms with E-state index in [4.69, 9.17) is 0 Å². The minimum Gasteiger partial charge on any atom is -0.326 e. The molecule has 0 spiro atoms. The van der Waals surface area contributed by atoms with Crippen molar-refractivity contribution in [1.29, 1.82) is 0 Å². The average molecular weight is 218 g/mol. The molecule has 3 nitrogen and oxygen atoms in total. The number of hydrogen-bond donors (Lipinski definition) is 2. The van der Waals surface area contributed by atoms with Crippen molar-refractivity contribution in [2.24, 2.45) is 5.92 Å². The molecule has 3 heteroatoms. The van der Waals surface area contributed by atoms with Crippen molar-refractivity contribution in [2.75, 3.05) is 12.4 Å². The molecule has 0 saturated heterocycles. The van der Waals surface area contributed by atoms with Crippen LogP contribution in [0.4, 0.5) is 5.69 Å². The lowest BCUT2D eigenvalue weighted by Crippen LogP contribution is -2.12. The van der Waals surface area contributed by atoms with Crippen LogP contribution in [0.5, 0.6) is 0 Å². The summed E-state index contributed by atoms with van der Waals surface area (Å²) in [4.78, 5) is 11.6. The van der Waals surface area contributed by atoms with Crippen LogP contribution >= 0.6 is 0 Å². The summed E-state index contributed by atoms with van der Waals surface area (Å²) in [7, 11) is 1.92. The van der Waals surface area contributed by atoms with Crippen LogP contribution in [-0.2, 0) is 11.3 Å². The molecule has 0 radical (unpaired) electrons. The Morgan fingerprint density at radius 1 is 1.31 bits per heavy atom. The molecule has 86 valence electrons. The van der Waals surface area contributed by atoms with E-state index in [1.807, 2.05) is 31.3 Å². The van der Waals surface area contributed by atoms with E-state index < -0.39 is 0 Å². The molecular formula is C13H18N2O. The Labute approximate surface area is 96.2 Å². The van der Waals surface area contributed by atoms with Gasteiger partial charge in [-0.05, 0) is 43.5 Å². The summed E-state index contributed by atoms with van der Waals surface area (Å²) in [5, 5.41) is 6.01. The van der Waals surface area contributed by atoms with E-state index in [2.05, 4.69) is 10.6 Å². The standard InChI is InChI=1S/C13H18N2O/c1-14-9-11-4-6-12(7-5-11)15-13(16)8-10-2-3-10/h4-7,10,14H,2-3,8-9H2,1H3,(H,15,16). The maximum absolute atomic E-state index is 11.6. The molecule has 1 amide bonds. The fourth-order valence-corrected chi connectivity index (χ4v) is 1.71. The SMILES string of the molecule is CNCc1ccc(NC(=O)CC2CC2)cc1. The van der Waals surface area contributed by atoms with E-state index in [0.29, 0.717) is 12.3 Å². The van der Waals surface area contributed by atoms with Gasteiger partial charge in [-0.1, -0.05) is 12.1 Å². The Hall–Kier alpha value is -1.35. The third kappa shape index (κ3) is 3.35. The van der Waals surface area contributed by atoms with Gasteiger partial charge in [-0.15, -0.1) is 0 Å². The Morgan fingerprint density at radius 3 is 2.56 bits per heavy atom. The predicted octanol–water partition coefficient (Wildman–Crippen LogP) is 2.14. The fourth-order valence-electron chi connectivity index (χ4n) is 1.71. The van der Waals surface area contributed by atoms with E-state index in [9.17, 15) is 4.79 Å². The quantitative estimate of drug-likeness (QED) is 0.795. The molecule has 2 N–H and O–H groups in total. The number of carbonyl (C=O) groups excluding carboxylic acids is 1. The Balaban J connectivity index is 1.85. The van der Waals surface area contributed by atoms with Gasteiger partial charge in [0.15, 0.2) is 0 Å². The van der Waals surface area contributed by atoms with Gasteiger partial charge in [0.1, 0.15) is 0 Å². The van der Waals surface area contributed by atoms with E-state index in [1.54, 1.807) is 0 Å². The number of hydrogen-bond acceptors (Lipinski definition) is 2. The Morgan fingerprint density at radius 2 is 2.00 bits per heavy atom. The number of carbonyl (C=O) groups is 1. The van der Waals surface area contributed by atoms with Crippen molar-refractivity contribution in [2.45, 2.75) is 25.8 Å². The van der Waals surface area contributed by atoms with Gasteiger partial charge in [-0.25, -0.2) is 0 Å². The second-order valence-electron chi connectivity index (χ2n) is 4.42. The van der Waals surface area contributed by atoms with Gasteiger partial charge in [-0.2, -0.15) is 0 Å². The second-order valence-corrected chi connectivity index (χ2v) is 4.42. The summed E-state index contributed by atoms with van der Waals surface area (Å²) >= 11 is 0. The topological polar surface area (TPSA) is 41.1 Å². The highest BCUT2D eigenvalue weighted by Gasteiger charge is 2.24. The van der Waals surface area contributed by atoms with Gasteiger partial charge >= 0.3 is 0 Å². The molecule has 0 unspecified atom stereocenters. The first-order valence-corrected chi connectivity index (χ1v) is 5.81. The molecule has 1 aliphatic carbocycles. The largest absolute Gasteiger partial charge is 0.326 e. The maximum Gasteiger partial charge on any atom is 0.224 e. The van der Waals surface area contributed by atoms with E-state index >= 15 is 0 Å². The molecular weight excluding hydrogens is 200 g/mol. The van der Waals surface area contributed by atoms with Crippen molar-refractivity contribution in [3.05, 3.63) is 29.8 Å². The first-order chi connectivity index (χ1) is 7.78. The monoisotopic (exact) mass is 218 g/mol. The van der Waals surface area contributed by atoms with Gasteiger partial charge in [0.25, 0.3) is 0 Å². The molecule has 0 aliphatic heterocycles. The zero-order chi connectivity index (χ0) is 11.4. The Bertz CT molecular complexity index is 355. The van der Waals surface area contributed by atoms with Crippen LogP contribution < -0.4 is 10.6 Å². The van der Waals surface area contributed by atoms with Crippen LogP contribution in [0.1, 0.15) is 24.8 Å². The summed E-state index contributed by atoms with van der Waals surface area (Å²) in [5.74, 6) is 0.785. The zero-order valence-electron chi connectivity index (χ0n) is 9.62. The molecule has 1 aromatic carbocycles. The van der Waals surface area contributed by atoms with Crippen LogP contribution in [0, 0.1) is 5.92 Å². The molecule has 1 aromatic rings. The molecule has 0 aromatic heterocycles. The van der Waals surface area contributed by atoms with Crippen LogP contribution in [0.2, 0.25) is 0 Å². The lowest BCUT2D eigenvalue weighted by Gasteiger charge is -2.05. The van der Waals surface area contributed by atoms with Gasteiger partial charge in [-0.3, -0.25) is 4.79 Å². The summed E-state index contributed by atoms with van der Waals surface area (Å²) in [5.41, 5.74) is 2.12. The lowest BCUT2D eigenvalue weighted by molar-refractivity contribution is -0.116. The summed E-state index contributed by atoms with van der Waals surface area (Å²) in [6.07, 6.45) is 3.11. The minimum atomic E-state index is 0.142. The third-order valence-electron chi connectivity index (χ3n) is 2.79. The predicted molar refractivity (Wildman–Crippen MR) is 65.2 cm³/mol. The van der Waals surface area contributed by atoms with Crippen LogP contribution in [0.25, 0.3) is 0 Å². The molecule has 16 heavy (non-hydrogen) atoms. The van der Waals surface area contributed by atoms with Crippen LogP contribution in [-0.4, -0.2) is 13.0 Å².